The van der Waals surface area contributed by atoms with E-state index in [4.69, 9.17) is 0 Å². The highest BCUT2D eigenvalue weighted by atomic mass is 32.2. The number of likely N-dealkylation sites (N-methyl/N-ethyl adjacent to an activating group) is 2. The first-order valence-electron chi connectivity index (χ1n) is 6.58. The molecule has 1 heterocycles. The third-order valence-corrected chi connectivity index (χ3v) is 5.16. The largest absolute Gasteiger partial charge is 0.338 e. The highest BCUT2D eigenvalue weighted by Gasteiger charge is 2.31. The molecular weight excluding hydrogens is 264 g/mol. The van der Waals surface area contributed by atoms with Gasteiger partial charge < -0.3 is 4.90 Å². The van der Waals surface area contributed by atoms with Gasteiger partial charge in [-0.3, -0.25) is 9.69 Å². The van der Waals surface area contributed by atoms with Gasteiger partial charge in [-0.2, -0.15) is 0 Å². The third kappa shape index (κ3) is 4.95. The van der Waals surface area contributed by atoms with Gasteiger partial charge in [-0.1, -0.05) is 12.2 Å². The van der Waals surface area contributed by atoms with Crippen molar-refractivity contribution in [1.82, 2.24) is 9.80 Å². The number of carbonyl (C=O) groups is 1. The Morgan fingerprint density at radius 2 is 2.00 bits per heavy atom. The van der Waals surface area contributed by atoms with E-state index in [9.17, 15) is 13.2 Å². The smallest absolute Gasteiger partial charge is 0.237 e. The lowest BCUT2D eigenvalue weighted by molar-refractivity contribution is -0.131. The number of nitrogens with zero attached hydrogens (tertiary/aromatic N) is 2. The van der Waals surface area contributed by atoms with Crippen LogP contribution in [0.5, 0.6) is 0 Å². The highest BCUT2D eigenvalue weighted by molar-refractivity contribution is 7.91. The Balaban J connectivity index is 2.54. The van der Waals surface area contributed by atoms with E-state index in [1.807, 2.05) is 25.8 Å². The van der Waals surface area contributed by atoms with Crippen LogP contribution >= 0.6 is 0 Å². The normalized spacial score (nSPS) is 21.6. The average molecular weight is 288 g/mol. The summed E-state index contributed by atoms with van der Waals surface area (Å²) in [6.07, 6.45) is 0.624. The number of hydrogen-bond acceptors (Lipinski definition) is 4. The fraction of sp³-hybridized carbons (Fsp3) is 0.769. The van der Waals surface area contributed by atoms with Crippen molar-refractivity contribution in [2.45, 2.75) is 26.3 Å². The zero-order chi connectivity index (χ0) is 14.6. The molecule has 1 amide bonds. The molecule has 0 aliphatic carbocycles. The Morgan fingerprint density at radius 3 is 2.42 bits per heavy atom. The molecule has 1 saturated heterocycles. The molecule has 6 heteroatoms. The monoisotopic (exact) mass is 288 g/mol. The standard InChI is InChI=1S/C13H24N2O3S/c1-5-15(8-11(2)3)13(16)9-14(4)12-6-7-19(17,18)10-12/h12H,2,5-10H2,1,3-4H3/t12-/m0/s1. The molecule has 0 aromatic rings. The topological polar surface area (TPSA) is 57.7 Å². The van der Waals surface area contributed by atoms with Crippen LogP contribution in [-0.4, -0.2) is 68.4 Å². The zero-order valence-corrected chi connectivity index (χ0v) is 12.9. The van der Waals surface area contributed by atoms with Gasteiger partial charge in [-0.15, -0.1) is 0 Å². The van der Waals surface area contributed by atoms with E-state index in [2.05, 4.69) is 6.58 Å². The Hall–Kier alpha value is -0.880. The van der Waals surface area contributed by atoms with E-state index >= 15 is 0 Å². The van der Waals surface area contributed by atoms with Gasteiger partial charge in [0.2, 0.25) is 5.91 Å². The van der Waals surface area contributed by atoms with Gasteiger partial charge in [0.15, 0.2) is 9.84 Å². The van der Waals surface area contributed by atoms with Crippen LogP contribution in [0.25, 0.3) is 0 Å². The maximum Gasteiger partial charge on any atom is 0.237 e. The number of carbonyl (C=O) groups excluding carboxylic acids is 1. The second-order valence-electron chi connectivity index (χ2n) is 5.34. The number of amides is 1. The lowest BCUT2D eigenvalue weighted by Gasteiger charge is -2.27. The minimum absolute atomic E-state index is 0.0253. The molecule has 19 heavy (non-hydrogen) atoms. The summed E-state index contributed by atoms with van der Waals surface area (Å²) in [4.78, 5) is 15.7. The van der Waals surface area contributed by atoms with Crippen molar-refractivity contribution >= 4 is 15.7 Å². The zero-order valence-electron chi connectivity index (χ0n) is 12.1. The van der Waals surface area contributed by atoms with E-state index in [0.717, 1.165) is 5.57 Å². The van der Waals surface area contributed by atoms with E-state index in [1.165, 1.54) is 0 Å². The van der Waals surface area contributed by atoms with Gasteiger partial charge in [0.25, 0.3) is 0 Å². The fourth-order valence-corrected chi connectivity index (χ4v) is 4.07. The first-order chi connectivity index (χ1) is 8.75. The predicted molar refractivity (Wildman–Crippen MR) is 76.8 cm³/mol. The summed E-state index contributed by atoms with van der Waals surface area (Å²) in [5.41, 5.74) is 0.946. The van der Waals surface area contributed by atoms with Crippen LogP contribution in [0.4, 0.5) is 0 Å². The average Bonchev–Trinajstić information content (AvgIpc) is 2.66. The molecule has 0 aromatic heterocycles. The van der Waals surface area contributed by atoms with Crippen molar-refractivity contribution in [3.63, 3.8) is 0 Å². The van der Waals surface area contributed by atoms with Crippen molar-refractivity contribution in [3.05, 3.63) is 12.2 Å². The minimum Gasteiger partial charge on any atom is -0.338 e. The SMILES string of the molecule is C=C(C)CN(CC)C(=O)CN(C)[C@H]1CCS(=O)(=O)C1. The molecular formula is C13H24N2O3S. The van der Waals surface area contributed by atoms with Gasteiger partial charge in [-0.05, 0) is 27.3 Å². The van der Waals surface area contributed by atoms with Crippen LogP contribution < -0.4 is 0 Å². The van der Waals surface area contributed by atoms with E-state index < -0.39 is 9.84 Å². The molecule has 0 bridgehead atoms. The molecule has 1 fully saturated rings. The second kappa shape index (κ2) is 6.52. The summed E-state index contributed by atoms with van der Waals surface area (Å²) in [5.74, 6) is 0.431. The number of sulfone groups is 1. The summed E-state index contributed by atoms with van der Waals surface area (Å²) in [5, 5.41) is 0. The summed E-state index contributed by atoms with van der Waals surface area (Å²) in [6, 6.07) is -0.0301. The molecule has 1 aliphatic rings. The molecule has 0 spiro atoms. The van der Waals surface area contributed by atoms with Crippen LogP contribution in [0.15, 0.2) is 12.2 Å². The van der Waals surface area contributed by atoms with Crippen molar-refractivity contribution in [2.75, 3.05) is 38.2 Å². The Kier molecular flexibility index (Phi) is 5.55. The van der Waals surface area contributed by atoms with Crippen LogP contribution in [0.2, 0.25) is 0 Å². The van der Waals surface area contributed by atoms with Crippen LogP contribution in [0, 0.1) is 0 Å². The molecule has 0 N–H and O–H groups in total. The summed E-state index contributed by atoms with van der Waals surface area (Å²) in [6.45, 7) is 9.11. The van der Waals surface area contributed by atoms with E-state index in [1.54, 1.807) is 4.90 Å². The first-order valence-corrected chi connectivity index (χ1v) is 8.40. The maximum absolute atomic E-state index is 12.1. The molecule has 0 radical (unpaired) electrons. The quantitative estimate of drug-likeness (QED) is 0.669. The lowest BCUT2D eigenvalue weighted by atomic mass is 10.2. The van der Waals surface area contributed by atoms with Gasteiger partial charge in [0, 0.05) is 19.1 Å². The molecule has 1 rings (SSSR count). The summed E-state index contributed by atoms with van der Waals surface area (Å²) >= 11 is 0. The number of rotatable bonds is 6. The molecule has 0 aromatic carbocycles. The van der Waals surface area contributed by atoms with Crippen molar-refractivity contribution in [3.8, 4) is 0 Å². The molecule has 0 saturated carbocycles. The maximum atomic E-state index is 12.1. The number of hydrogen-bond donors (Lipinski definition) is 0. The van der Waals surface area contributed by atoms with Crippen LogP contribution in [-0.2, 0) is 14.6 Å². The lowest BCUT2D eigenvalue weighted by Crippen LogP contribution is -2.43. The fourth-order valence-electron chi connectivity index (χ4n) is 2.27. The Labute approximate surface area is 116 Å². The van der Waals surface area contributed by atoms with E-state index in [-0.39, 0.29) is 30.0 Å². The van der Waals surface area contributed by atoms with Gasteiger partial charge >= 0.3 is 0 Å². The Morgan fingerprint density at radius 1 is 1.37 bits per heavy atom. The van der Waals surface area contributed by atoms with Gasteiger partial charge in [0.05, 0.1) is 18.1 Å². The molecule has 1 aliphatic heterocycles. The summed E-state index contributed by atoms with van der Waals surface area (Å²) in [7, 11) is -1.08. The van der Waals surface area contributed by atoms with Gasteiger partial charge in [-0.25, -0.2) is 8.42 Å². The van der Waals surface area contributed by atoms with E-state index in [0.29, 0.717) is 19.5 Å². The summed E-state index contributed by atoms with van der Waals surface area (Å²) < 4.78 is 22.9. The Bertz CT molecular complexity index is 445. The van der Waals surface area contributed by atoms with Crippen molar-refractivity contribution < 1.29 is 13.2 Å². The van der Waals surface area contributed by atoms with Crippen LogP contribution in [0.1, 0.15) is 20.3 Å². The minimum atomic E-state index is -2.90. The second-order valence-corrected chi connectivity index (χ2v) is 7.57. The van der Waals surface area contributed by atoms with Crippen LogP contribution in [0.3, 0.4) is 0 Å². The van der Waals surface area contributed by atoms with Gasteiger partial charge in [0.1, 0.15) is 0 Å². The molecule has 5 nitrogen and oxygen atoms in total. The first kappa shape index (κ1) is 16.2. The molecule has 1 atom stereocenters. The highest BCUT2D eigenvalue weighted by Crippen LogP contribution is 2.16. The van der Waals surface area contributed by atoms with Crippen molar-refractivity contribution in [2.24, 2.45) is 0 Å². The molecule has 0 unspecified atom stereocenters. The third-order valence-electron chi connectivity index (χ3n) is 3.41. The molecule has 110 valence electrons. The predicted octanol–water partition coefficient (Wildman–Crippen LogP) is 0.530. The van der Waals surface area contributed by atoms with Crippen molar-refractivity contribution in [1.29, 1.82) is 0 Å².